The van der Waals surface area contributed by atoms with Gasteiger partial charge >= 0.3 is 11.6 Å². The molecule has 1 aliphatic carbocycles. The van der Waals surface area contributed by atoms with Crippen molar-refractivity contribution in [2.45, 2.75) is 44.6 Å². The molecule has 24 heavy (non-hydrogen) atoms. The van der Waals surface area contributed by atoms with Gasteiger partial charge in [0.05, 0.1) is 22.8 Å². The number of aromatic nitrogens is 2. The van der Waals surface area contributed by atoms with Gasteiger partial charge in [-0.15, -0.1) is 5.10 Å². The Kier molecular flexibility index (Phi) is 4.31. The van der Waals surface area contributed by atoms with Crippen LogP contribution in [0.4, 0.5) is 5.69 Å². The topological polar surface area (TPSA) is 102 Å². The van der Waals surface area contributed by atoms with Crippen LogP contribution in [0.3, 0.4) is 0 Å². The third-order valence-electron chi connectivity index (χ3n) is 4.22. The number of hydrogen-bond acceptors (Lipinski definition) is 6. The predicted octanol–water partition coefficient (Wildman–Crippen LogP) is 2.17. The van der Waals surface area contributed by atoms with E-state index in [0.717, 1.165) is 18.5 Å². The highest BCUT2D eigenvalue weighted by molar-refractivity contribution is 5.64. The Morgan fingerprint density at radius 3 is 2.88 bits per heavy atom. The summed E-state index contributed by atoms with van der Waals surface area (Å²) in [6.07, 6.45) is 7.85. The maximum Gasteiger partial charge on any atom is 0.354 e. The lowest BCUT2D eigenvalue weighted by molar-refractivity contribution is -0.386. The first-order chi connectivity index (χ1) is 11.5. The zero-order chi connectivity index (χ0) is 17.3. The summed E-state index contributed by atoms with van der Waals surface area (Å²) in [6, 6.07) is 0. The van der Waals surface area contributed by atoms with Crippen molar-refractivity contribution < 1.29 is 14.8 Å². The molecule has 0 unspecified atom stereocenters. The quantitative estimate of drug-likeness (QED) is 0.450. The number of ether oxygens (including phenoxy) is 1. The minimum absolute atomic E-state index is 0.0293. The summed E-state index contributed by atoms with van der Waals surface area (Å²) in [4.78, 5) is 11.2. The van der Waals surface area contributed by atoms with E-state index in [2.05, 4.69) is 10.4 Å². The molecule has 1 aromatic heterocycles. The molecular formula is C16H22N4O4. The molecule has 2 heterocycles. The van der Waals surface area contributed by atoms with Crippen LogP contribution in [0, 0.1) is 10.1 Å². The van der Waals surface area contributed by atoms with Gasteiger partial charge in [-0.05, 0) is 45.0 Å². The summed E-state index contributed by atoms with van der Waals surface area (Å²) in [5.41, 5.74) is 0.991. The van der Waals surface area contributed by atoms with Crippen molar-refractivity contribution >= 4 is 11.4 Å². The molecule has 0 radical (unpaired) electrons. The van der Waals surface area contributed by atoms with Crippen molar-refractivity contribution in [3.8, 4) is 5.88 Å². The van der Waals surface area contributed by atoms with E-state index in [1.54, 1.807) is 4.68 Å². The molecule has 1 aliphatic heterocycles. The number of nitro groups is 1. The molecule has 1 aromatic rings. The van der Waals surface area contributed by atoms with Gasteiger partial charge in [0, 0.05) is 18.9 Å². The van der Waals surface area contributed by atoms with Crippen LogP contribution in [0.25, 0.3) is 5.70 Å². The number of dihydropyridines is 1. The van der Waals surface area contributed by atoms with Gasteiger partial charge < -0.3 is 15.2 Å². The molecular weight excluding hydrogens is 312 g/mol. The summed E-state index contributed by atoms with van der Waals surface area (Å²) >= 11 is 0. The van der Waals surface area contributed by atoms with Crippen LogP contribution in [-0.4, -0.2) is 38.6 Å². The summed E-state index contributed by atoms with van der Waals surface area (Å²) in [6.45, 7) is 4.16. The van der Waals surface area contributed by atoms with Gasteiger partial charge in [-0.2, -0.15) is 0 Å². The summed E-state index contributed by atoms with van der Waals surface area (Å²) in [5, 5.41) is 28.2. The minimum Gasteiger partial charge on any atom is -0.472 e. The van der Waals surface area contributed by atoms with Crippen LogP contribution >= 0.6 is 0 Å². The maximum atomic E-state index is 11.6. The smallest absolute Gasteiger partial charge is 0.354 e. The molecule has 2 aliphatic rings. The van der Waals surface area contributed by atoms with Crippen molar-refractivity contribution in [1.29, 1.82) is 0 Å². The van der Waals surface area contributed by atoms with Crippen LogP contribution in [-0.2, 0) is 0 Å². The fourth-order valence-electron chi connectivity index (χ4n) is 2.82. The third kappa shape index (κ3) is 3.01. The molecule has 1 saturated carbocycles. The van der Waals surface area contributed by atoms with E-state index in [0.29, 0.717) is 12.1 Å². The predicted molar refractivity (Wildman–Crippen MR) is 88.7 cm³/mol. The van der Waals surface area contributed by atoms with Gasteiger partial charge in [-0.25, -0.2) is 4.68 Å². The Morgan fingerprint density at radius 2 is 2.29 bits per heavy atom. The van der Waals surface area contributed by atoms with E-state index in [9.17, 15) is 10.1 Å². The fourth-order valence-corrected chi connectivity index (χ4v) is 2.82. The molecule has 0 aromatic carbocycles. The molecule has 0 bridgehead atoms. The molecule has 8 nitrogen and oxygen atoms in total. The number of nitrogens with zero attached hydrogens (tertiary/aromatic N) is 3. The molecule has 0 atom stereocenters. The SMILES string of the molecule is CC1(C)NC=CC=C1n1nc(OCCCO)c([N+](=O)[O-])c1C1CC1. The summed E-state index contributed by atoms with van der Waals surface area (Å²) in [7, 11) is 0. The molecule has 0 saturated heterocycles. The van der Waals surface area contributed by atoms with E-state index in [-0.39, 0.29) is 30.7 Å². The van der Waals surface area contributed by atoms with Crippen molar-refractivity contribution in [1.82, 2.24) is 15.1 Å². The highest BCUT2D eigenvalue weighted by Gasteiger charge is 2.42. The van der Waals surface area contributed by atoms with Crippen LogP contribution in [0.1, 0.15) is 44.7 Å². The first-order valence-corrected chi connectivity index (χ1v) is 8.12. The largest absolute Gasteiger partial charge is 0.472 e. The zero-order valence-corrected chi connectivity index (χ0v) is 13.9. The first-order valence-electron chi connectivity index (χ1n) is 8.12. The lowest BCUT2D eigenvalue weighted by Gasteiger charge is -2.31. The first kappa shape index (κ1) is 16.5. The second-order valence-corrected chi connectivity index (χ2v) is 6.59. The van der Waals surface area contributed by atoms with E-state index < -0.39 is 10.5 Å². The van der Waals surface area contributed by atoms with Crippen LogP contribution in [0.2, 0.25) is 0 Å². The highest BCUT2D eigenvalue weighted by Crippen LogP contribution is 2.48. The Labute approximate surface area is 140 Å². The molecule has 2 N–H and O–H groups in total. The van der Waals surface area contributed by atoms with E-state index in [4.69, 9.17) is 9.84 Å². The minimum atomic E-state index is -0.412. The normalized spacial score (nSPS) is 18.9. The van der Waals surface area contributed by atoms with Gasteiger partial charge in [0.2, 0.25) is 0 Å². The molecule has 0 spiro atoms. The van der Waals surface area contributed by atoms with Crippen molar-refractivity contribution in [3.63, 3.8) is 0 Å². The Balaban J connectivity index is 2.08. The van der Waals surface area contributed by atoms with E-state index in [1.807, 2.05) is 32.2 Å². The Bertz CT molecular complexity index is 701. The molecule has 3 rings (SSSR count). The monoisotopic (exact) mass is 334 g/mol. The lowest BCUT2D eigenvalue weighted by Crippen LogP contribution is -2.40. The van der Waals surface area contributed by atoms with E-state index >= 15 is 0 Å². The average molecular weight is 334 g/mol. The number of allylic oxidation sites excluding steroid dienone is 2. The summed E-state index contributed by atoms with van der Waals surface area (Å²) < 4.78 is 7.17. The number of aliphatic hydroxyl groups excluding tert-OH is 1. The number of rotatable bonds is 7. The van der Waals surface area contributed by atoms with Crippen molar-refractivity contribution in [2.24, 2.45) is 0 Å². The van der Waals surface area contributed by atoms with Gasteiger partial charge in [0.15, 0.2) is 0 Å². The molecule has 1 fully saturated rings. The molecule has 130 valence electrons. The van der Waals surface area contributed by atoms with Crippen LogP contribution in [0.5, 0.6) is 5.88 Å². The summed E-state index contributed by atoms with van der Waals surface area (Å²) in [5.74, 6) is 0.164. The van der Waals surface area contributed by atoms with E-state index in [1.165, 1.54) is 0 Å². The van der Waals surface area contributed by atoms with Gasteiger partial charge in [-0.3, -0.25) is 10.1 Å². The van der Waals surface area contributed by atoms with Crippen LogP contribution in [0.15, 0.2) is 18.4 Å². The zero-order valence-electron chi connectivity index (χ0n) is 13.9. The second-order valence-electron chi connectivity index (χ2n) is 6.59. The van der Waals surface area contributed by atoms with Gasteiger partial charge in [0.1, 0.15) is 5.69 Å². The molecule has 8 heteroatoms. The van der Waals surface area contributed by atoms with Crippen molar-refractivity contribution in [2.75, 3.05) is 13.2 Å². The Morgan fingerprint density at radius 1 is 1.54 bits per heavy atom. The van der Waals surface area contributed by atoms with Crippen LogP contribution < -0.4 is 10.1 Å². The highest BCUT2D eigenvalue weighted by atomic mass is 16.6. The lowest BCUT2D eigenvalue weighted by atomic mass is 9.98. The van der Waals surface area contributed by atoms with Gasteiger partial charge in [-0.1, -0.05) is 0 Å². The van der Waals surface area contributed by atoms with Crippen molar-refractivity contribution in [3.05, 3.63) is 34.2 Å². The number of nitrogens with one attached hydrogen (secondary N) is 1. The molecule has 0 amide bonds. The fraction of sp³-hybridized carbons (Fsp3) is 0.562. The Hall–Kier alpha value is -2.35. The third-order valence-corrected chi connectivity index (χ3v) is 4.22. The standard InChI is InChI=1S/C16H22N4O4/c1-16(2)12(5-3-8-17-16)19-13(11-6-7-11)14(20(22)23)15(18-19)24-10-4-9-21/h3,5,8,11,17,21H,4,6-7,9-10H2,1-2H3. The number of hydrogen-bond donors (Lipinski definition) is 2. The average Bonchev–Trinajstić information content (AvgIpc) is 3.28. The second kappa shape index (κ2) is 6.27. The maximum absolute atomic E-state index is 11.6. The number of aliphatic hydroxyl groups is 1. The van der Waals surface area contributed by atoms with Gasteiger partial charge in [0.25, 0.3) is 0 Å².